The van der Waals surface area contributed by atoms with E-state index in [1.54, 1.807) is 18.3 Å². The fourth-order valence-electron chi connectivity index (χ4n) is 3.04. The number of halogens is 1. The lowest BCUT2D eigenvalue weighted by atomic mass is 10.0. The number of benzene rings is 3. The van der Waals surface area contributed by atoms with Crippen LogP contribution in [0.3, 0.4) is 0 Å². The summed E-state index contributed by atoms with van der Waals surface area (Å²) in [5.74, 6) is 0.0635. The van der Waals surface area contributed by atoms with E-state index in [2.05, 4.69) is 15.8 Å². The first-order chi connectivity index (χ1) is 15.0. The van der Waals surface area contributed by atoms with Gasteiger partial charge in [0.05, 0.1) is 12.8 Å². The second-order valence-corrected chi connectivity index (χ2v) is 7.34. The molecule has 0 aliphatic rings. The van der Waals surface area contributed by atoms with Crippen LogP contribution in [-0.2, 0) is 9.59 Å². The maximum atomic E-state index is 12.1. The molecule has 0 aromatic heterocycles. The zero-order valence-corrected chi connectivity index (χ0v) is 18.2. The first kappa shape index (κ1) is 22.3. The van der Waals surface area contributed by atoms with Gasteiger partial charge in [-0.3, -0.25) is 9.59 Å². The standard InChI is InChI=1S/C24H24ClN3O3/c1-3-31-22-11-9-17-6-4-5-7-19(17)20(22)15-26-28-24(30)13-12-23(29)27-18-10-8-16(2)21(25)14-18/h4-11,14-15H,3,12-13H2,1-2H3,(H,27,29)(H,28,30). The Bertz CT molecular complexity index is 1130. The largest absolute Gasteiger partial charge is 0.493 e. The van der Waals surface area contributed by atoms with E-state index in [4.69, 9.17) is 16.3 Å². The third kappa shape index (κ3) is 6.06. The summed E-state index contributed by atoms with van der Waals surface area (Å²) in [6, 6.07) is 17.0. The number of hydrazone groups is 1. The number of hydrogen-bond donors (Lipinski definition) is 2. The van der Waals surface area contributed by atoms with E-state index in [1.165, 1.54) is 0 Å². The molecule has 0 aliphatic carbocycles. The molecule has 0 aliphatic heterocycles. The summed E-state index contributed by atoms with van der Waals surface area (Å²) in [4.78, 5) is 24.2. The predicted octanol–water partition coefficient (Wildman–Crippen LogP) is 5.07. The van der Waals surface area contributed by atoms with Gasteiger partial charge in [-0.15, -0.1) is 0 Å². The van der Waals surface area contributed by atoms with Gasteiger partial charge in [-0.2, -0.15) is 5.10 Å². The maximum absolute atomic E-state index is 12.1. The monoisotopic (exact) mass is 437 g/mol. The van der Waals surface area contributed by atoms with Crippen molar-refractivity contribution in [3.63, 3.8) is 0 Å². The highest BCUT2D eigenvalue weighted by atomic mass is 35.5. The molecule has 0 saturated carbocycles. The molecule has 6 nitrogen and oxygen atoms in total. The number of carbonyl (C=O) groups excluding carboxylic acids is 2. The third-order valence-corrected chi connectivity index (χ3v) is 5.06. The van der Waals surface area contributed by atoms with E-state index >= 15 is 0 Å². The Morgan fingerprint density at radius 1 is 1.06 bits per heavy atom. The normalized spacial score (nSPS) is 10.9. The van der Waals surface area contributed by atoms with E-state index in [1.807, 2.05) is 56.3 Å². The van der Waals surface area contributed by atoms with Gasteiger partial charge in [-0.25, -0.2) is 5.43 Å². The van der Waals surface area contributed by atoms with E-state index in [9.17, 15) is 9.59 Å². The van der Waals surface area contributed by atoms with E-state index in [-0.39, 0.29) is 24.7 Å². The van der Waals surface area contributed by atoms with Gasteiger partial charge in [0.1, 0.15) is 5.75 Å². The van der Waals surface area contributed by atoms with Crippen LogP contribution in [-0.4, -0.2) is 24.6 Å². The molecular weight excluding hydrogens is 414 g/mol. The Kier molecular flexibility index (Phi) is 7.62. The highest BCUT2D eigenvalue weighted by Crippen LogP contribution is 2.26. The summed E-state index contributed by atoms with van der Waals surface area (Å²) < 4.78 is 5.69. The third-order valence-electron chi connectivity index (χ3n) is 4.65. The summed E-state index contributed by atoms with van der Waals surface area (Å²) in [6.07, 6.45) is 1.61. The number of carbonyl (C=O) groups is 2. The molecule has 3 aromatic rings. The average molecular weight is 438 g/mol. The molecule has 0 fully saturated rings. The molecular formula is C24H24ClN3O3. The number of nitrogens with zero attached hydrogens (tertiary/aromatic N) is 1. The first-order valence-electron chi connectivity index (χ1n) is 10.0. The molecule has 0 radical (unpaired) electrons. The van der Waals surface area contributed by atoms with Crippen LogP contribution < -0.4 is 15.5 Å². The number of aryl methyl sites for hydroxylation is 1. The van der Waals surface area contributed by atoms with Crippen LogP contribution in [0.1, 0.15) is 30.9 Å². The molecule has 0 atom stereocenters. The Labute approximate surface area is 186 Å². The minimum atomic E-state index is -0.355. The lowest BCUT2D eigenvalue weighted by Gasteiger charge is -2.10. The number of ether oxygens (including phenoxy) is 1. The van der Waals surface area contributed by atoms with Crippen molar-refractivity contribution < 1.29 is 14.3 Å². The summed E-state index contributed by atoms with van der Waals surface area (Å²) >= 11 is 6.06. The van der Waals surface area contributed by atoms with Gasteiger partial charge < -0.3 is 10.1 Å². The van der Waals surface area contributed by atoms with Crippen molar-refractivity contribution in [3.05, 3.63) is 70.7 Å². The molecule has 0 bridgehead atoms. The number of anilines is 1. The Hall–Kier alpha value is -3.38. The fraction of sp³-hybridized carbons (Fsp3) is 0.208. The molecule has 0 unspecified atom stereocenters. The lowest BCUT2D eigenvalue weighted by molar-refractivity contribution is -0.124. The molecule has 3 aromatic carbocycles. The maximum Gasteiger partial charge on any atom is 0.240 e. The van der Waals surface area contributed by atoms with E-state index in [0.717, 1.165) is 21.9 Å². The smallest absolute Gasteiger partial charge is 0.240 e. The number of fused-ring (bicyclic) bond motifs is 1. The summed E-state index contributed by atoms with van der Waals surface area (Å²) in [5.41, 5.74) is 4.78. The minimum Gasteiger partial charge on any atom is -0.493 e. The molecule has 2 N–H and O–H groups in total. The van der Waals surface area contributed by atoms with E-state index in [0.29, 0.717) is 23.1 Å². The minimum absolute atomic E-state index is 0.0105. The lowest BCUT2D eigenvalue weighted by Crippen LogP contribution is -2.20. The molecule has 0 spiro atoms. The zero-order chi connectivity index (χ0) is 22.2. The number of amides is 2. The average Bonchev–Trinajstić information content (AvgIpc) is 2.76. The van der Waals surface area contributed by atoms with Crippen molar-refractivity contribution in [2.24, 2.45) is 5.10 Å². The van der Waals surface area contributed by atoms with Crippen LogP contribution in [0.25, 0.3) is 10.8 Å². The van der Waals surface area contributed by atoms with Gasteiger partial charge in [0.15, 0.2) is 0 Å². The van der Waals surface area contributed by atoms with Crippen molar-refractivity contribution in [2.45, 2.75) is 26.7 Å². The highest BCUT2D eigenvalue weighted by Gasteiger charge is 2.09. The topological polar surface area (TPSA) is 79.8 Å². The van der Waals surface area contributed by atoms with Gasteiger partial charge in [-0.1, -0.05) is 48.0 Å². The SMILES string of the molecule is CCOc1ccc2ccccc2c1C=NNC(=O)CCC(=O)Nc1ccc(C)c(Cl)c1. The fourth-order valence-corrected chi connectivity index (χ4v) is 3.22. The van der Waals surface area contributed by atoms with Gasteiger partial charge in [0, 0.05) is 29.1 Å². The summed E-state index contributed by atoms with van der Waals surface area (Å²) in [7, 11) is 0. The van der Waals surface area contributed by atoms with Crippen molar-refractivity contribution >= 4 is 46.1 Å². The van der Waals surface area contributed by atoms with Crippen LogP contribution in [0, 0.1) is 6.92 Å². The zero-order valence-electron chi connectivity index (χ0n) is 17.4. The number of nitrogens with one attached hydrogen (secondary N) is 2. The van der Waals surface area contributed by atoms with Crippen LogP contribution in [0.2, 0.25) is 5.02 Å². The Morgan fingerprint density at radius 2 is 1.84 bits per heavy atom. The van der Waals surface area contributed by atoms with Crippen LogP contribution in [0.4, 0.5) is 5.69 Å². The number of hydrogen-bond acceptors (Lipinski definition) is 4. The van der Waals surface area contributed by atoms with Crippen LogP contribution in [0.5, 0.6) is 5.75 Å². The van der Waals surface area contributed by atoms with E-state index < -0.39 is 0 Å². The molecule has 2 amide bonds. The van der Waals surface area contributed by atoms with Gasteiger partial charge >= 0.3 is 0 Å². The van der Waals surface area contributed by atoms with Gasteiger partial charge in [-0.05, 0) is 48.4 Å². The van der Waals surface area contributed by atoms with Gasteiger partial charge in [0.2, 0.25) is 11.8 Å². The van der Waals surface area contributed by atoms with Crippen LogP contribution in [0.15, 0.2) is 59.7 Å². The molecule has 31 heavy (non-hydrogen) atoms. The molecule has 0 saturated heterocycles. The molecule has 160 valence electrons. The van der Waals surface area contributed by atoms with Gasteiger partial charge in [0.25, 0.3) is 0 Å². The molecule has 0 heterocycles. The first-order valence-corrected chi connectivity index (χ1v) is 10.4. The molecule has 7 heteroatoms. The predicted molar refractivity (Wildman–Crippen MR) is 125 cm³/mol. The Balaban J connectivity index is 1.57. The van der Waals surface area contributed by atoms with Crippen molar-refractivity contribution in [1.82, 2.24) is 5.43 Å². The number of rotatable bonds is 8. The van der Waals surface area contributed by atoms with Crippen LogP contribution >= 0.6 is 11.6 Å². The van der Waals surface area contributed by atoms with Crippen molar-refractivity contribution in [3.8, 4) is 5.75 Å². The quantitative estimate of drug-likeness (QED) is 0.381. The highest BCUT2D eigenvalue weighted by molar-refractivity contribution is 6.31. The Morgan fingerprint density at radius 3 is 2.61 bits per heavy atom. The second kappa shape index (κ2) is 10.6. The van der Waals surface area contributed by atoms with Crippen molar-refractivity contribution in [2.75, 3.05) is 11.9 Å². The summed E-state index contributed by atoms with van der Waals surface area (Å²) in [5, 5.41) is 9.39. The second-order valence-electron chi connectivity index (χ2n) is 6.94. The molecule has 3 rings (SSSR count). The summed E-state index contributed by atoms with van der Waals surface area (Å²) in [6.45, 7) is 4.31. The van der Waals surface area contributed by atoms with Crippen molar-refractivity contribution in [1.29, 1.82) is 0 Å².